The summed E-state index contributed by atoms with van der Waals surface area (Å²) in [5, 5.41) is 14.5. The number of rotatable bonds is 4. The van der Waals surface area contributed by atoms with E-state index in [4.69, 9.17) is 4.42 Å². The number of hydrogen-bond donors (Lipinski definition) is 1. The Hall–Kier alpha value is -3.42. The number of allylic oxidation sites excluding steroid dienone is 1. The topological polar surface area (TPSA) is 78.9 Å². The van der Waals surface area contributed by atoms with Crippen molar-refractivity contribution in [3.8, 4) is 17.3 Å². The molecule has 2 aromatic heterocycles. The van der Waals surface area contributed by atoms with Gasteiger partial charge in [0, 0.05) is 44.8 Å². The third-order valence-electron chi connectivity index (χ3n) is 4.43. The van der Waals surface area contributed by atoms with Gasteiger partial charge in [-0.3, -0.25) is 0 Å². The molecule has 0 fully saturated rings. The van der Waals surface area contributed by atoms with Crippen LogP contribution in [-0.2, 0) is 6.18 Å². The molecule has 160 valence electrons. The SMILES string of the molecule is N#C/C(=C\Nc1ccc2c(C(F)(F)F)cc(=O)oc2c1)c1nc(-c2ccc(Br)cc2)cs1. The van der Waals surface area contributed by atoms with Crippen LogP contribution in [0.3, 0.4) is 0 Å². The second kappa shape index (κ2) is 8.61. The van der Waals surface area contributed by atoms with Crippen LogP contribution in [-0.4, -0.2) is 4.98 Å². The Morgan fingerprint density at radius 3 is 2.62 bits per heavy atom. The molecule has 0 atom stereocenters. The van der Waals surface area contributed by atoms with E-state index in [1.165, 1.54) is 35.7 Å². The van der Waals surface area contributed by atoms with Crippen molar-refractivity contribution in [3.05, 3.63) is 85.6 Å². The molecule has 0 saturated heterocycles. The van der Waals surface area contributed by atoms with Gasteiger partial charge in [-0.05, 0) is 24.3 Å². The van der Waals surface area contributed by atoms with Gasteiger partial charge in [0.15, 0.2) is 0 Å². The largest absolute Gasteiger partial charge is 0.423 e. The predicted octanol–water partition coefficient (Wildman–Crippen LogP) is 6.67. The Morgan fingerprint density at radius 2 is 1.94 bits per heavy atom. The summed E-state index contributed by atoms with van der Waals surface area (Å²) in [4.78, 5) is 16.0. The number of fused-ring (bicyclic) bond motifs is 1. The first-order valence-corrected chi connectivity index (χ1v) is 10.7. The molecule has 32 heavy (non-hydrogen) atoms. The van der Waals surface area contributed by atoms with E-state index < -0.39 is 17.4 Å². The van der Waals surface area contributed by atoms with Crippen molar-refractivity contribution in [2.75, 3.05) is 5.32 Å². The Balaban J connectivity index is 1.62. The summed E-state index contributed by atoms with van der Waals surface area (Å²) in [5.41, 5.74) is -0.183. The molecule has 5 nitrogen and oxygen atoms in total. The number of halogens is 4. The van der Waals surface area contributed by atoms with Crippen LogP contribution >= 0.6 is 27.3 Å². The molecule has 4 rings (SSSR count). The van der Waals surface area contributed by atoms with Gasteiger partial charge in [-0.25, -0.2) is 9.78 Å². The molecule has 2 heterocycles. The molecule has 0 radical (unpaired) electrons. The fourth-order valence-electron chi connectivity index (χ4n) is 2.94. The molecule has 10 heteroatoms. The highest BCUT2D eigenvalue weighted by Gasteiger charge is 2.33. The van der Waals surface area contributed by atoms with Crippen molar-refractivity contribution >= 4 is 49.5 Å². The van der Waals surface area contributed by atoms with Crippen LogP contribution in [0.4, 0.5) is 18.9 Å². The second-order valence-corrected chi connectivity index (χ2v) is 8.32. The molecule has 0 aliphatic carbocycles. The molecule has 0 saturated carbocycles. The lowest BCUT2D eigenvalue weighted by atomic mass is 10.1. The minimum Gasteiger partial charge on any atom is -0.423 e. The molecule has 0 bridgehead atoms. The average molecular weight is 518 g/mol. The first kappa shape index (κ1) is 21.8. The fraction of sp³-hybridized carbons (Fsp3) is 0.0455. The third-order valence-corrected chi connectivity index (χ3v) is 5.83. The monoisotopic (exact) mass is 517 g/mol. The van der Waals surface area contributed by atoms with Gasteiger partial charge in [0.2, 0.25) is 0 Å². The van der Waals surface area contributed by atoms with Crippen molar-refractivity contribution in [1.29, 1.82) is 5.26 Å². The van der Waals surface area contributed by atoms with E-state index in [1.807, 2.05) is 29.6 Å². The van der Waals surface area contributed by atoms with Gasteiger partial charge < -0.3 is 9.73 Å². The first-order chi connectivity index (χ1) is 15.2. The lowest BCUT2D eigenvalue weighted by Crippen LogP contribution is -2.11. The summed E-state index contributed by atoms with van der Waals surface area (Å²) in [7, 11) is 0. The van der Waals surface area contributed by atoms with Gasteiger partial charge in [-0.15, -0.1) is 11.3 Å². The number of benzene rings is 2. The van der Waals surface area contributed by atoms with E-state index in [0.29, 0.717) is 22.5 Å². The van der Waals surface area contributed by atoms with Crippen molar-refractivity contribution in [2.24, 2.45) is 0 Å². The summed E-state index contributed by atoms with van der Waals surface area (Å²) >= 11 is 4.66. The molecule has 0 aliphatic rings. The van der Waals surface area contributed by atoms with Gasteiger partial charge in [0.25, 0.3) is 0 Å². The summed E-state index contributed by atoms with van der Waals surface area (Å²) in [6.07, 6.45) is -3.29. The lowest BCUT2D eigenvalue weighted by molar-refractivity contribution is -0.136. The second-order valence-electron chi connectivity index (χ2n) is 6.55. The Morgan fingerprint density at radius 1 is 1.19 bits per heavy atom. The van der Waals surface area contributed by atoms with Crippen LogP contribution in [0.2, 0.25) is 0 Å². The zero-order valence-corrected chi connectivity index (χ0v) is 18.3. The highest BCUT2D eigenvalue weighted by Crippen LogP contribution is 2.34. The predicted molar refractivity (Wildman–Crippen MR) is 120 cm³/mol. The smallest absolute Gasteiger partial charge is 0.417 e. The maximum absolute atomic E-state index is 13.2. The highest BCUT2D eigenvalue weighted by molar-refractivity contribution is 9.10. The van der Waals surface area contributed by atoms with E-state index in [2.05, 4.69) is 32.3 Å². The summed E-state index contributed by atoms with van der Waals surface area (Å²) in [6.45, 7) is 0. The molecule has 4 aromatic rings. The molecule has 0 amide bonds. The number of nitriles is 1. The van der Waals surface area contributed by atoms with Gasteiger partial charge in [0.05, 0.1) is 11.3 Å². The molecule has 0 spiro atoms. The zero-order valence-electron chi connectivity index (χ0n) is 15.9. The van der Waals surface area contributed by atoms with Crippen molar-refractivity contribution in [3.63, 3.8) is 0 Å². The standard InChI is InChI=1S/C22H11BrF3N3O2S/c23-14-3-1-12(2-4-14)18-11-32-21(29-18)13(9-27)10-28-15-5-6-16-17(22(24,25)26)8-20(30)31-19(16)7-15/h1-8,10-11,28H/b13-10+. The number of hydrogen-bond acceptors (Lipinski definition) is 6. The molecular formula is C22H11BrF3N3O2S. The van der Waals surface area contributed by atoms with E-state index in [-0.39, 0.29) is 16.5 Å². The van der Waals surface area contributed by atoms with E-state index in [0.717, 1.165) is 10.0 Å². The molecule has 2 aromatic carbocycles. The summed E-state index contributed by atoms with van der Waals surface area (Å²) in [5.74, 6) is 0. The average Bonchev–Trinajstić information content (AvgIpc) is 3.23. The minimum absolute atomic E-state index is 0.214. The van der Waals surface area contributed by atoms with Crippen LogP contribution in [0.15, 0.2) is 73.8 Å². The zero-order chi connectivity index (χ0) is 22.9. The van der Waals surface area contributed by atoms with Gasteiger partial charge >= 0.3 is 11.8 Å². The third kappa shape index (κ3) is 4.59. The lowest BCUT2D eigenvalue weighted by Gasteiger charge is -2.10. The molecule has 1 N–H and O–H groups in total. The van der Waals surface area contributed by atoms with E-state index >= 15 is 0 Å². The normalized spacial score (nSPS) is 12.0. The Bertz CT molecular complexity index is 1430. The van der Waals surface area contributed by atoms with Crippen molar-refractivity contribution < 1.29 is 17.6 Å². The summed E-state index contributed by atoms with van der Waals surface area (Å²) < 4.78 is 45.4. The number of alkyl halides is 3. The van der Waals surface area contributed by atoms with Crippen LogP contribution in [0.25, 0.3) is 27.8 Å². The number of nitrogens with zero attached hydrogens (tertiary/aromatic N) is 2. The highest BCUT2D eigenvalue weighted by atomic mass is 79.9. The minimum atomic E-state index is -4.69. The van der Waals surface area contributed by atoms with E-state index in [9.17, 15) is 23.2 Å². The number of anilines is 1. The van der Waals surface area contributed by atoms with Crippen LogP contribution in [0.5, 0.6) is 0 Å². The van der Waals surface area contributed by atoms with Crippen LogP contribution in [0, 0.1) is 11.3 Å². The molecule has 0 unspecified atom stereocenters. The maximum atomic E-state index is 13.2. The van der Waals surface area contributed by atoms with Crippen molar-refractivity contribution in [2.45, 2.75) is 6.18 Å². The van der Waals surface area contributed by atoms with Crippen LogP contribution < -0.4 is 10.9 Å². The molecular weight excluding hydrogens is 507 g/mol. The first-order valence-electron chi connectivity index (χ1n) is 8.98. The Kier molecular flexibility index (Phi) is 5.86. The van der Waals surface area contributed by atoms with Crippen molar-refractivity contribution in [1.82, 2.24) is 4.98 Å². The van der Waals surface area contributed by atoms with Gasteiger partial charge in [-0.2, -0.15) is 18.4 Å². The maximum Gasteiger partial charge on any atom is 0.417 e. The van der Waals surface area contributed by atoms with Crippen LogP contribution in [0.1, 0.15) is 10.6 Å². The fourth-order valence-corrected chi connectivity index (χ4v) is 3.99. The number of aromatic nitrogens is 1. The van der Waals surface area contributed by atoms with E-state index in [1.54, 1.807) is 0 Å². The van der Waals surface area contributed by atoms with Gasteiger partial charge in [0.1, 0.15) is 22.2 Å². The summed E-state index contributed by atoms with van der Waals surface area (Å²) in [6, 6.07) is 13.9. The quantitative estimate of drug-likeness (QED) is 0.241. The Labute approximate surface area is 191 Å². The number of nitrogens with one attached hydrogen (secondary N) is 1. The number of thiazole rings is 1. The molecule has 0 aliphatic heterocycles. The van der Waals surface area contributed by atoms with Gasteiger partial charge in [-0.1, -0.05) is 28.1 Å².